The van der Waals surface area contributed by atoms with Crippen LogP contribution in [0.4, 0.5) is 15.9 Å². The minimum absolute atomic E-state index is 0.103. The molecule has 0 amide bonds. The normalized spacial score (nSPS) is 10.0. The first-order chi connectivity index (χ1) is 8.16. The summed E-state index contributed by atoms with van der Waals surface area (Å²) in [6.45, 7) is 1.44. The molecule has 0 radical (unpaired) electrons. The third-order valence-corrected chi connectivity index (χ3v) is 2.30. The molecule has 1 heterocycles. The van der Waals surface area contributed by atoms with E-state index < -0.39 is 5.82 Å². The van der Waals surface area contributed by atoms with Crippen LogP contribution in [0.3, 0.4) is 0 Å². The van der Waals surface area contributed by atoms with Crippen LogP contribution in [0.25, 0.3) is 0 Å². The predicted molar refractivity (Wildman–Crippen MR) is 63.9 cm³/mol. The Morgan fingerprint density at radius 3 is 2.76 bits per heavy atom. The highest BCUT2D eigenvalue weighted by Crippen LogP contribution is 2.20. The van der Waals surface area contributed by atoms with Gasteiger partial charge in [-0.2, -0.15) is 0 Å². The minimum Gasteiger partial charge on any atom is -0.338 e. The zero-order valence-corrected chi connectivity index (χ0v) is 9.27. The minimum atomic E-state index is -0.416. The number of Topliss-reactive ketones (excluding diaryl/α,β-unsaturated/α-hetero) is 1. The van der Waals surface area contributed by atoms with Crippen molar-refractivity contribution < 1.29 is 9.18 Å². The number of anilines is 2. The summed E-state index contributed by atoms with van der Waals surface area (Å²) >= 11 is 0. The third-order valence-electron chi connectivity index (χ3n) is 2.30. The van der Waals surface area contributed by atoms with Gasteiger partial charge < -0.3 is 5.32 Å². The lowest BCUT2D eigenvalue weighted by atomic mass is 10.1. The molecule has 86 valence electrons. The van der Waals surface area contributed by atoms with Gasteiger partial charge >= 0.3 is 0 Å². The van der Waals surface area contributed by atoms with Gasteiger partial charge in [0, 0.05) is 11.8 Å². The Morgan fingerprint density at radius 1 is 1.29 bits per heavy atom. The molecule has 0 fully saturated rings. The average Bonchev–Trinajstić information content (AvgIpc) is 2.33. The Bertz CT molecular complexity index is 540. The molecule has 1 aromatic heterocycles. The molecule has 17 heavy (non-hydrogen) atoms. The zero-order chi connectivity index (χ0) is 12.3. The van der Waals surface area contributed by atoms with Gasteiger partial charge in [-0.15, -0.1) is 0 Å². The molecule has 1 aromatic carbocycles. The van der Waals surface area contributed by atoms with Gasteiger partial charge in [-0.25, -0.2) is 9.37 Å². The van der Waals surface area contributed by atoms with Crippen LogP contribution in [-0.2, 0) is 0 Å². The van der Waals surface area contributed by atoms with E-state index in [0.717, 1.165) is 0 Å². The number of hydrogen-bond acceptors (Lipinski definition) is 3. The van der Waals surface area contributed by atoms with Crippen molar-refractivity contribution in [3.8, 4) is 0 Å². The molecule has 0 aliphatic heterocycles. The fraction of sp³-hybridized carbons (Fsp3) is 0.0769. The third kappa shape index (κ3) is 2.66. The largest absolute Gasteiger partial charge is 0.338 e. The second-order valence-corrected chi connectivity index (χ2v) is 3.59. The summed E-state index contributed by atoms with van der Waals surface area (Å²) in [7, 11) is 0. The van der Waals surface area contributed by atoms with Gasteiger partial charge in [0.05, 0.1) is 5.69 Å². The number of ketones is 1. The van der Waals surface area contributed by atoms with E-state index in [-0.39, 0.29) is 11.5 Å². The highest BCUT2D eigenvalue weighted by atomic mass is 19.1. The molecule has 2 rings (SSSR count). The molecular formula is C13H11FN2O. The van der Waals surface area contributed by atoms with Crippen LogP contribution in [0.15, 0.2) is 42.6 Å². The van der Waals surface area contributed by atoms with E-state index in [1.807, 2.05) is 0 Å². The van der Waals surface area contributed by atoms with Crippen LogP contribution < -0.4 is 5.32 Å². The second-order valence-electron chi connectivity index (χ2n) is 3.59. The molecule has 0 aliphatic carbocycles. The van der Waals surface area contributed by atoms with Crippen LogP contribution in [0.5, 0.6) is 0 Å². The lowest BCUT2D eigenvalue weighted by molar-refractivity contribution is 0.101. The summed E-state index contributed by atoms with van der Waals surface area (Å²) < 4.78 is 13.5. The van der Waals surface area contributed by atoms with Gasteiger partial charge in [0.2, 0.25) is 0 Å². The highest BCUT2D eigenvalue weighted by molar-refractivity contribution is 5.95. The van der Waals surface area contributed by atoms with E-state index in [0.29, 0.717) is 11.4 Å². The molecule has 3 nitrogen and oxygen atoms in total. The van der Waals surface area contributed by atoms with Crippen molar-refractivity contribution in [3.05, 3.63) is 54.0 Å². The van der Waals surface area contributed by atoms with E-state index in [9.17, 15) is 9.18 Å². The van der Waals surface area contributed by atoms with E-state index >= 15 is 0 Å². The topological polar surface area (TPSA) is 42.0 Å². The van der Waals surface area contributed by atoms with Gasteiger partial charge in [-0.1, -0.05) is 6.07 Å². The first kappa shape index (κ1) is 11.3. The van der Waals surface area contributed by atoms with Crippen LogP contribution in [-0.4, -0.2) is 10.8 Å². The molecule has 4 heteroatoms. The first-order valence-electron chi connectivity index (χ1n) is 5.15. The number of nitrogens with zero attached hydrogens (tertiary/aromatic N) is 1. The van der Waals surface area contributed by atoms with Crippen LogP contribution in [0.1, 0.15) is 17.3 Å². The van der Waals surface area contributed by atoms with Crippen molar-refractivity contribution in [1.29, 1.82) is 0 Å². The number of hydrogen-bond donors (Lipinski definition) is 1. The number of carbonyl (C=O) groups excluding carboxylic acids is 1. The van der Waals surface area contributed by atoms with Crippen molar-refractivity contribution >= 4 is 17.3 Å². The van der Waals surface area contributed by atoms with E-state index in [1.54, 1.807) is 24.4 Å². The number of nitrogens with one attached hydrogen (secondary N) is 1. The van der Waals surface area contributed by atoms with Crippen molar-refractivity contribution in [2.75, 3.05) is 5.32 Å². The number of aromatic nitrogens is 1. The maximum absolute atomic E-state index is 13.5. The molecule has 0 bridgehead atoms. The molecule has 2 aromatic rings. The summed E-state index contributed by atoms with van der Waals surface area (Å²) in [5.41, 5.74) is 0.709. The van der Waals surface area contributed by atoms with Gasteiger partial charge in [-0.3, -0.25) is 4.79 Å². The number of benzene rings is 1. The van der Waals surface area contributed by atoms with Gasteiger partial charge in [0.25, 0.3) is 0 Å². The Kier molecular flexibility index (Phi) is 3.14. The number of carbonyl (C=O) groups is 1. The van der Waals surface area contributed by atoms with Crippen LogP contribution in [0.2, 0.25) is 0 Å². The van der Waals surface area contributed by atoms with Crippen LogP contribution in [0, 0.1) is 5.82 Å². The molecule has 0 saturated carbocycles. The first-order valence-corrected chi connectivity index (χ1v) is 5.15. The van der Waals surface area contributed by atoms with Crippen molar-refractivity contribution in [1.82, 2.24) is 4.98 Å². The molecule has 0 aliphatic rings. The number of halogens is 1. The quantitative estimate of drug-likeness (QED) is 0.823. The zero-order valence-electron chi connectivity index (χ0n) is 9.27. The summed E-state index contributed by atoms with van der Waals surface area (Å²) in [5, 5.41) is 2.83. The fourth-order valence-electron chi connectivity index (χ4n) is 1.41. The monoisotopic (exact) mass is 230 g/mol. The Labute approximate surface area is 98.3 Å². The molecule has 0 unspecified atom stereocenters. The summed E-state index contributed by atoms with van der Waals surface area (Å²) in [6.07, 6.45) is 1.61. The van der Waals surface area contributed by atoms with E-state index in [2.05, 4.69) is 10.3 Å². The Balaban J connectivity index is 2.32. The van der Waals surface area contributed by atoms with E-state index in [1.165, 1.54) is 25.1 Å². The van der Waals surface area contributed by atoms with Gasteiger partial charge in [-0.05, 0) is 37.3 Å². The van der Waals surface area contributed by atoms with E-state index in [4.69, 9.17) is 0 Å². The average molecular weight is 230 g/mol. The lowest BCUT2D eigenvalue weighted by Gasteiger charge is -2.07. The maximum Gasteiger partial charge on any atom is 0.159 e. The highest BCUT2D eigenvalue weighted by Gasteiger charge is 2.06. The molecule has 0 saturated heterocycles. The summed E-state index contributed by atoms with van der Waals surface area (Å²) in [5.74, 6) is 0.0156. The Morgan fingerprint density at radius 2 is 2.12 bits per heavy atom. The molecule has 1 N–H and O–H groups in total. The van der Waals surface area contributed by atoms with Gasteiger partial charge in [0.1, 0.15) is 11.6 Å². The predicted octanol–water partition coefficient (Wildman–Crippen LogP) is 3.17. The number of pyridine rings is 1. The van der Waals surface area contributed by atoms with Crippen molar-refractivity contribution in [2.45, 2.75) is 6.92 Å². The molecule has 0 spiro atoms. The maximum atomic E-state index is 13.5. The summed E-state index contributed by atoms with van der Waals surface area (Å²) in [6, 6.07) is 9.49. The van der Waals surface area contributed by atoms with Gasteiger partial charge in [0.15, 0.2) is 5.78 Å². The number of rotatable bonds is 3. The summed E-state index contributed by atoms with van der Waals surface area (Å²) in [4.78, 5) is 15.2. The molecule has 0 atom stereocenters. The fourth-order valence-corrected chi connectivity index (χ4v) is 1.41. The van der Waals surface area contributed by atoms with Crippen LogP contribution >= 0.6 is 0 Å². The lowest BCUT2D eigenvalue weighted by Crippen LogP contribution is -1.99. The second kappa shape index (κ2) is 4.74. The molecular weight excluding hydrogens is 219 g/mol. The smallest absolute Gasteiger partial charge is 0.159 e. The van der Waals surface area contributed by atoms with Crippen molar-refractivity contribution in [2.24, 2.45) is 0 Å². The standard InChI is InChI=1S/C13H11FN2O/c1-9(17)10-5-6-11(14)12(8-10)16-13-4-2-3-7-15-13/h2-8H,1H3,(H,15,16). The van der Waals surface area contributed by atoms with Crippen molar-refractivity contribution in [3.63, 3.8) is 0 Å². The SMILES string of the molecule is CC(=O)c1ccc(F)c(Nc2ccccn2)c1. The Hall–Kier alpha value is -2.23.